The molecule has 0 saturated heterocycles. The summed E-state index contributed by atoms with van der Waals surface area (Å²) in [6.07, 6.45) is 0.406. The van der Waals surface area contributed by atoms with E-state index in [9.17, 15) is 9.59 Å². The zero-order valence-electron chi connectivity index (χ0n) is 15.3. The number of esters is 1. The molecule has 0 aromatic heterocycles. The average molecular weight is 374 g/mol. The van der Waals surface area contributed by atoms with E-state index in [1.165, 1.54) is 0 Å². The van der Waals surface area contributed by atoms with Gasteiger partial charge in [-0.25, -0.2) is 0 Å². The van der Waals surface area contributed by atoms with Gasteiger partial charge < -0.3 is 10.1 Å². The quantitative estimate of drug-likeness (QED) is 0.577. The zero-order valence-corrected chi connectivity index (χ0v) is 16.1. The molecule has 0 atom stereocenters. The van der Waals surface area contributed by atoms with Crippen molar-refractivity contribution in [1.29, 1.82) is 0 Å². The van der Waals surface area contributed by atoms with Gasteiger partial charge in [0.05, 0.1) is 12.8 Å². The Bertz CT molecular complexity index is 772. The Morgan fingerprint density at radius 3 is 2.50 bits per heavy atom. The van der Waals surface area contributed by atoms with Crippen LogP contribution in [0.3, 0.4) is 0 Å². The Labute approximate surface area is 159 Å². The van der Waals surface area contributed by atoms with Gasteiger partial charge in [0.2, 0.25) is 5.91 Å². The van der Waals surface area contributed by atoms with Gasteiger partial charge in [-0.05, 0) is 41.7 Å². The normalized spacial score (nSPS) is 10.7. The minimum atomic E-state index is -0.381. The fraction of sp³-hybridized carbons (Fsp3) is 0.333. The number of ether oxygens (including phenoxy) is 1. The third-order valence-corrected chi connectivity index (χ3v) is 4.40. The number of hydrogen-bond acceptors (Lipinski definition) is 3. The summed E-state index contributed by atoms with van der Waals surface area (Å²) in [6.45, 7) is 6.14. The van der Waals surface area contributed by atoms with Crippen molar-refractivity contribution >= 4 is 23.5 Å². The second-order valence-electron chi connectivity index (χ2n) is 6.53. The highest BCUT2D eigenvalue weighted by Crippen LogP contribution is 2.32. The van der Waals surface area contributed by atoms with Crippen molar-refractivity contribution < 1.29 is 14.3 Å². The Hall–Kier alpha value is -2.33. The molecule has 0 saturated carbocycles. The highest BCUT2D eigenvalue weighted by atomic mass is 35.5. The van der Waals surface area contributed by atoms with Gasteiger partial charge in [-0.3, -0.25) is 9.59 Å². The molecular weight excluding hydrogens is 350 g/mol. The van der Waals surface area contributed by atoms with E-state index in [1.54, 1.807) is 6.07 Å². The fourth-order valence-corrected chi connectivity index (χ4v) is 2.70. The summed E-state index contributed by atoms with van der Waals surface area (Å²) in [6, 6.07) is 13.1. The van der Waals surface area contributed by atoms with Gasteiger partial charge in [-0.15, -0.1) is 0 Å². The monoisotopic (exact) mass is 373 g/mol. The Morgan fingerprint density at radius 2 is 1.85 bits per heavy atom. The third-order valence-electron chi connectivity index (χ3n) is 4.00. The number of amides is 1. The smallest absolute Gasteiger partial charge is 0.312 e. The predicted octanol–water partition coefficient (Wildman–Crippen LogP) is 4.43. The maximum atomic E-state index is 12.1. The van der Waals surface area contributed by atoms with E-state index in [2.05, 4.69) is 5.32 Å². The van der Waals surface area contributed by atoms with Gasteiger partial charge in [0, 0.05) is 11.6 Å². The van der Waals surface area contributed by atoms with Crippen molar-refractivity contribution in [3.63, 3.8) is 0 Å². The number of carbonyl (C=O) groups excluding carboxylic acids is 2. The number of nitrogens with one attached hydrogen (secondary N) is 1. The fourth-order valence-electron chi connectivity index (χ4n) is 2.53. The van der Waals surface area contributed by atoms with E-state index >= 15 is 0 Å². The van der Waals surface area contributed by atoms with Crippen LogP contribution in [-0.2, 0) is 16.0 Å². The number of halogens is 1. The summed E-state index contributed by atoms with van der Waals surface area (Å²) in [7, 11) is 0. The minimum Gasteiger partial charge on any atom is -0.426 e. The summed E-state index contributed by atoms with van der Waals surface area (Å²) in [5, 5.41) is 3.40. The number of benzene rings is 2. The molecule has 2 rings (SSSR count). The van der Waals surface area contributed by atoms with E-state index in [-0.39, 0.29) is 30.8 Å². The summed E-state index contributed by atoms with van der Waals surface area (Å²) >= 11 is 6.16. The largest absolute Gasteiger partial charge is 0.426 e. The summed E-state index contributed by atoms with van der Waals surface area (Å²) in [5.74, 6) is 0.215. The van der Waals surface area contributed by atoms with E-state index in [0.717, 1.165) is 16.7 Å². The topological polar surface area (TPSA) is 55.4 Å². The first kappa shape index (κ1) is 20.0. The van der Waals surface area contributed by atoms with Gasteiger partial charge in [-0.1, -0.05) is 55.8 Å². The van der Waals surface area contributed by atoms with E-state index in [0.29, 0.717) is 17.2 Å². The first-order chi connectivity index (χ1) is 12.4. The van der Waals surface area contributed by atoms with Crippen LogP contribution in [0.1, 0.15) is 42.9 Å². The van der Waals surface area contributed by atoms with Crippen LogP contribution in [0.2, 0.25) is 5.02 Å². The SMILES string of the molecule is Cc1cc(OC(=O)CCNC(=O)Cc2ccccc2)c(C(C)C)cc1Cl. The molecule has 2 aromatic rings. The summed E-state index contributed by atoms with van der Waals surface area (Å²) in [5.41, 5.74) is 2.68. The lowest BCUT2D eigenvalue weighted by molar-refractivity contribution is -0.134. The van der Waals surface area contributed by atoms with Crippen molar-refractivity contribution in [3.8, 4) is 5.75 Å². The second kappa shape index (κ2) is 9.39. The first-order valence-electron chi connectivity index (χ1n) is 8.68. The molecule has 1 amide bonds. The second-order valence-corrected chi connectivity index (χ2v) is 6.94. The first-order valence-corrected chi connectivity index (χ1v) is 9.06. The number of rotatable bonds is 7. The zero-order chi connectivity index (χ0) is 19.1. The molecule has 0 bridgehead atoms. The molecule has 0 radical (unpaired) electrons. The average Bonchev–Trinajstić information content (AvgIpc) is 2.58. The molecule has 0 spiro atoms. The van der Waals surface area contributed by atoms with Crippen molar-refractivity contribution in [3.05, 3.63) is 64.2 Å². The lowest BCUT2D eigenvalue weighted by atomic mass is 10.0. The van der Waals surface area contributed by atoms with Crippen LogP contribution in [0.5, 0.6) is 5.75 Å². The third kappa shape index (κ3) is 5.88. The lowest BCUT2D eigenvalue weighted by Gasteiger charge is -2.15. The molecule has 0 aliphatic heterocycles. The molecule has 1 N–H and O–H groups in total. The van der Waals surface area contributed by atoms with E-state index in [1.807, 2.05) is 57.2 Å². The van der Waals surface area contributed by atoms with Crippen LogP contribution >= 0.6 is 11.6 Å². The summed E-state index contributed by atoms with van der Waals surface area (Å²) in [4.78, 5) is 24.0. The van der Waals surface area contributed by atoms with E-state index in [4.69, 9.17) is 16.3 Å². The van der Waals surface area contributed by atoms with Crippen molar-refractivity contribution in [2.45, 2.75) is 39.5 Å². The lowest BCUT2D eigenvalue weighted by Crippen LogP contribution is -2.28. The molecule has 26 heavy (non-hydrogen) atoms. The highest BCUT2D eigenvalue weighted by molar-refractivity contribution is 6.31. The molecule has 2 aromatic carbocycles. The maximum Gasteiger partial charge on any atom is 0.312 e. The maximum absolute atomic E-state index is 12.1. The Kier molecular flexibility index (Phi) is 7.22. The molecule has 5 heteroatoms. The molecule has 138 valence electrons. The molecule has 4 nitrogen and oxygen atoms in total. The number of aryl methyl sites for hydroxylation is 1. The van der Waals surface area contributed by atoms with Crippen LogP contribution in [0.15, 0.2) is 42.5 Å². The van der Waals surface area contributed by atoms with Gasteiger partial charge >= 0.3 is 5.97 Å². The van der Waals surface area contributed by atoms with Crippen LogP contribution in [0.25, 0.3) is 0 Å². The standard InChI is InChI=1S/C21H24ClNO3/c1-14(2)17-13-18(22)15(3)11-19(17)26-21(25)9-10-23-20(24)12-16-7-5-4-6-8-16/h4-8,11,13-14H,9-10,12H2,1-3H3,(H,23,24). The van der Waals surface area contributed by atoms with Gasteiger partial charge in [0.15, 0.2) is 0 Å². The highest BCUT2D eigenvalue weighted by Gasteiger charge is 2.14. The predicted molar refractivity (Wildman–Crippen MR) is 104 cm³/mol. The van der Waals surface area contributed by atoms with Crippen molar-refractivity contribution in [1.82, 2.24) is 5.32 Å². The molecule has 0 unspecified atom stereocenters. The molecule has 0 fully saturated rings. The molecular formula is C21H24ClNO3. The van der Waals surface area contributed by atoms with Crippen molar-refractivity contribution in [2.24, 2.45) is 0 Å². The summed E-state index contributed by atoms with van der Waals surface area (Å²) < 4.78 is 5.49. The van der Waals surface area contributed by atoms with Crippen LogP contribution in [-0.4, -0.2) is 18.4 Å². The van der Waals surface area contributed by atoms with Crippen LogP contribution < -0.4 is 10.1 Å². The number of hydrogen-bond donors (Lipinski definition) is 1. The van der Waals surface area contributed by atoms with E-state index < -0.39 is 0 Å². The molecule has 0 aliphatic rings. The van der Waals surface area contributed by atoms with Crippen LogP contribution in [0, 0.1) is 6.92 Å². The number of carbonyl (C=O) groups is 2. The minimum absolute atomic E-state index is 0.111. The van der Waals surface area contributed by atoms with Gasteiger partial charge in [0.25, 0.3) is 0 Å². The molecule has 0 heterocycles. The molecule has 0 aliphatic carbocycles. The van der Waals surface area contributed by atoms with Gasteiger partial charge in [-0.2, -0.15) is 0 Å². The Balaban J connectivity index is 1.85. The van der Waals surface area contributed by atoms with Crippen LogP contribution in [0.4, 0.5) is 0 Å². The van der Waals surface area contributed by atoms with Crippen molar-refractivity contribution in [2.75, 3.05) is 6.54 Å². The Morgan fingerprint density at radius 1 is 1.15 bits per heavy atom. The van der Waals surface area contributed by atoms with Gasteiger partial charge in [0.1, 0.15) is 5.75 Å².